The van der Waals surface area contributed by atoms with Crippen molar-refractivity contribution < 1.29 is 4.52 Å². The van der Waals surface area contributed by atoms with Crippen LogP contribution in [0, 0.1) is 6.92 Å². The molecule has 0 spiro atoms. The van der Waals surface area contributed by atoms with Gasteiger partial charge in [-0.3, -0.25) is 9.67 Å². The van der Waals surface area contributed by atoms with E-state index in [1.54, 1.807) is 23.3 Å². The van der Waals surface area contributed by atoms with Crippen LogP contribution < -0.4 is 4.90 Å². The van der Waals surface area contributed by atoms with Crippen molar-refractivity contribution in [2.75, 3.05) is 11.4 Å². The van der Waals surface area contributed by atoms with Crippen LogP contribution in [0.4, 0.5) is 5.95 Å². The number of aryl methyl sites for hydroxylation is 2. The molecule has 1 saturated heterocycles. The molecule has 0 N–H and O–H groups in total. The van der Waals surface area contributed by atoms with Gasteiger partial charge in [-0.25, -0.2) is 9.97 Å². The monoisotopic (exact) mass is 388 g/mol. The van der Waals surface area contributed by atoms with E-state index >= 15 is 0 Å². The standard InChI is InChI=1S/C20H20N8O/c1-13-15(12-27(2)25-13)16-7-9-22-20(23-16)28-10-4-6-17(28)19-24-18(26-29-19)14-5-3-8-21-11-14/h3,5,7-9,11-12,17H,4,6,10H2,1-2H3/t17-/m0/s1. The molecule has 1 fully saturated rings. The number of nitrogens with zero attached hydrogens (tertiary/aromatic N) is 8. The summed E-state index contributed by atoms with van der Waals surface area (Å²) in [5.41, 5.74) is 3.63. The Bertz CT molecular complexity index is 1140. The third kappa shape index (κ3) is 3.24. The lowest BCUT2D eigenvalue weighted by Crippen LogP contribution is -2.25. The SMILES string of the molecule is Cc1nn(C)cc1-c1ccnc(N2CCC[C@H]2c2nc(-c3cccnc3)no2)n1. The molecule has 4 aromatic heterocycles. The Morgan fingerprint density at radius 1 is 1.17 bits per heavy atom. The molecule has 4 aromatic rings. The lowest BCUT2D eigenvalue weighted by atomic mass is 10.2. The molecule has 29 heavy (non-hydrogen) atoms. The predicted octanol–water partition coefficient (Wildman–Crippen LogP) is 2.97. The highest BCUT2D eigenvalue weighted by molar-refractivity contribution is 5.62. The number of rotatable bonds is 4. The van der Waals surface area contributed by atoms with Crippen LogP contribution in [0.2, 0.25) is 0 Å². The minimum Gasteiger partial charge on any atom is -0.337 e. The summed E-state index contributed by atoms with van der Waals surface area (Å²) >= 11 is 0. The molecule has 1 atom stereocenters. The Kier molecular flexibility index (Phi) is 4.27. The van der Waals surface area contributed by atoms with Gasteiger partial charge in [0.25, 0.3) is 0 Å². The van der Waals surface area contributed by atoms with Gasteiger partial charge in [-0.2, -0.15) is 10.1 Å². The predicted molar refractivity (Wildman–Crippen MR) is 106 cm³/mol. The molecule has 5 rings (SSSR count). The Balaban J connectivity index is 1.45. The van der Waals surface area contributed by atoms with Gasteiger partial charge in [0.1, 0.15) is 6.04 Å². The van der Waals surface area contributed by atoms with Crippen LogP contribution in [-0.2, 0) is 7.05 Å². The van der Waals surface area contributed by atoms with E-state index in [2.05, 4.69) is 30.1 Å². The molecule has 146 valence electrons. The maximum Gasteiger partial charge on any atom is 0.249 e. The lowest BCUT2D eigenvalue weighted by Gasteiger charge is -2.21. The summed E-state index contributed by atoms with van der Waals surface area (Å²) in [6, 6.07) is 5.63. The Morgan fingerprint density at radius 2 is 2.10 bits per heavy atom. The summed E-state index contributed by atoms with van der Waals surface area (Å²) in [4.78, 5) is 20.2. The molecule has 9 nitrogen and oxygen atoms in total. The molecular formula is C20H20N8O. The van der Waals surface area contributed by atoms with E-state index in [9.17, 15) is 0 Å². The van der Waals surface area contributed by atoms with E-state index in [4.69, 9.17) is 9.51 Å². The molecule has 0 saturated carbocycles. The summed E-state index contributed by atoms with van der Waals surface area (Å²) < 4.78 is 7.39. The molecule has 9 heteroatoms. The normalized spacial score (nSPS) is 16.5. The first kappa shape index (κ1) is 17.5. The minimum absolute atomic E-state index is 0.0434. The van der Waals surface area contributed by atoms with Crippen LogP contribution in [0.15, 0.2) is 47.5 Å². The fourth-order valence-corrected chi connectivity index (χ4v) is 3.73. The molecule has 5 heterocycles. The van der Waals surface area contributed by atoms with Crippen molar-refractivity contribution in [3.05, 3.63) is 54.6 Å². The Morgan fingerprint density at radius 3 is 2.90 bits per heavy atom. The van der Waals surface area contributed by atoms with Crippen LogP contribution in [0.1, 0.15) is 30.5 Å². The van der Waals surface area contributed by atoms with E-state index in [0.717, 1.165) is 41.9 Å². The van der Waals surface area contributed by atoms with E-state index in [-0.39, 0.29) is 6.04 Å². The molecule has 0 bridgehead atoms. The van der Waals surface area contributed by atoms with Gasteiger partial charge in [0, 0.05) is 49.5 Å². The van der Waals surface area contributed by atoms with Crippen LogP contribution in [-0.4, -0.2) is 41.4 Å². The van der Waals surface area contributed by atoms with Crippen LogP contribution >= 0.6 is 0 Å². The summed E-state index contributed by atoms with van der Waals surface area (Å²) in [6.45, 7) is 2.82. The Hall–Kier alpha value is -3.62. The first-order valence-electron chi connectivity index (χ1n) is 9.53. The summed E-state index contributed by atoms with van der Waals surface area (Å²) in [6.07, 6.45) is 9.12. The van der Waals surface area contributed by atoms with Crippen molar-refractivity contribution >= 4 is 5.95 Å². The van der Waals surface area contributed by atoms with Gasteiger partial charge in [-0.15, -0.1) is 0 Å². The zero-order valence-electron chi connectivity index (χ0n) is 16.2. The molecule has 1 aliphatic rings. The average Bonchev–Trinajstić information content (AvgIpc) is 3.48. The number of hydrogen-bond acceptors (Lipinski definition) is 8. The molecule has 1 aliphatic heterocycles. The van der Waals surface area contributed by atoms with E-state index in [0.29, 0.717) is 17.7 Å². The first-order chi connectivity index (χ1) is 14.2. The second-order valence-electron chi connectivity index (χ2n) is 7.09. The second-order valence-corrected chi connectivity index (χ2v) is 7.09. The molecule has 0 aromatic carbocycles. The number of pyridine rings is 1. The van der Waals surface area contributed by atoms with Gasteiger partial charge in [-0.05, 0) is 38.0 Å². The minimum atomic E-state index is -0.0434. The van der Waals surface area contributed by atoms with E-state index in [1.165, 1.54) is 0 Å². The average molecular weight is 388 g/mol. The number of aromatic nitrogens is 7. The van der Waals surface area contributed by atoms with Crippen molar-refractivity contribution in [2.45, 2.75) is 25.8 Å². The molecular weight excluding hydrogens is 368 g/mol. The van der Waals surface area contributed by atoms with Crippen molar-refractivity contribution in [2.24, 2.45) is 7.05 Å². The summed E-state index contributed by atoms with van der Waals surface area (Å²) in [5.74, 6) is 1.78. The molecule has 0 amide bonds. The fourth-order valence-electron chi connectivity index (χ4n) is 3.73. The highest BCUT2D eigenvalue weighted by atomic mass is 16.5. The molecule has 0 unspecified atom stereocenters. The van der Waals surface area contributed by atoms with Gasteiger partial charge >= 0.3 is 0 Å². The van der Waals surface area contributed by atoms with Crippen molar-refractivity contribution in [3.8, 4) is 22.6 Å². The van der Waals surface area contributed by atoms with Crippen LogP contribution in [0.5, 0.6) is 0 Å². The van der Waals surface area contributed by atoms with Crippen molar-refractivity contribution in [1.29, 1.82) is 0 Å². The topological polar surface area (TPSA) is 98.7 Å². The van der Waals surface area contributed by atoms with E-state index < -0.39 is 0 Å². The quantitative estimate of drug-likeness (QED) is 0.526. The number of anilines is 1. The van der Waals surface area contributed by atoms with E-state index in [1.807, 2.05) is 38.4 Å². The largest absolute Gasteiger partial charge is 0.337 e. The van der Waals surface area contributed by atoms with Crippen molar-refractivity contribution in [1.82, 2.24) is 34.9 Å². The van der Waals surface area contributed by atoms with Gasteiger partial charge in [0.2, 0.25) is 17.7 Å². The van der Waals surface area contributed by atoms with Crippen molar-refractivity contribution in [3.63, 3.8) is 0 Å². The molecule has 0 radical (unpaired) electrons. The van der Waals surface area contributed by atoms with Crippen LogP contribution in [0.3, 0.4) is 0 Å². The maximum atomic E-state index is 5.59. The van der Waals surface area contributed by atoms with Gasteiger partial charge in [0.15, 0.2) is 0 Å². The maximum absolute atomic E-state index is 5.59. The smallest absolute Gasteiger partial charge is 0.249 e. The van der Waals surface area contributed by atoms with Gasteiger partial charge in [-0.1, -0.05) is 5.16 Å². The fraction of sp³-hybridized carbons (Fsp3) is 0.300. The zero-order valence-corrected chi connectivity index (χ0v) is 16.2. The third-order valence-corrected chi connectivity index (χ3v) is 5.09. The highest BCUT2D eigenvalue weighted by Crippen LogP contribution is 2.35. The number of hydrogen-bond donors (Lipinski definition) is 0. The lowest BCUT2D eigenvalue weighted by molar-refractivity contribution is 0.354. The van der Waals surface area contributed by atoms with Crippen LogP contribution in [0.25, 0.3) is 22.6 Å². The Labute approximate surface area is 167 Å². The summed E-state index contributed by atoms with van der Waals surface area (Å²) in [7, 11) is 1.91. The first-order valence-corrected chi connectivity index (χ1v) is 9.53. The van der Waals surface area contributed by atoms with Gasteiger partial charge < -0.3 is 9.42 Å². The summed E-state index contributed by atoms with van der Waals surface area (Å²) in [5, 5.41) is 8.55. The third-order valence-electron chi connectivity index (χ3n) is 5.09. The second kappa shape index (κ2) is 7.08. The molecule has 0 aliphatic carbocycles. The highest BCUT2D eigenvalue weighted by Gasteiger charge is 2.33. The van der Waals surface area contributed by atoms with Gasteiger partial charge in [0.05, 0.1) is 11.4 Å². The zero-order chi connectivity index (χ0) is 19.8.